The molecule has 0 saturated heterocycles. The van der Waals surface area contributed by atoms with Gasteiger partial charge in [-0.1, -0.05) is 48.5 Å². The lowest BCUT2D eigenvalue weighted by atomic mass is 9.96. The number of anilines is 1. The summed E-state index contributed by atoms with van der Waals surface area (Å²) in [5.74, 6) is -1.33. The molecule has 1 amide bonds. The van der Waals surface area contributed by atoms with Gasteiger partial charge in [-0.3, -0.25) is 4.79 Å². The molecule has 0 atom stereocenters. The van der Waals surface area contributed by atoms with Crippen LogP contribution < -0.4 is 4.90 Å². The highest BCUT2D eigenvalue weighted by atomic mass is 79.9. The molecule has 2 rings (SSSR count). The molecular formula is C18H16BrF2NO. The van der Waals surface area contributed by atoms with Gasteiger partial charge in [0.1, 0.15) is 0 Å². The van der Waals surface area contributed by atoms with Crippen molar-refractivity contribution < 1.29 is 13.6 Å². The molecule has 2 aromatic carbocycles. The third-order valence-electron chi connectivity index (χ3n) is 3.51. The molecular weight excluding hydrogens is 364 g/mol. The van der Waals surface area contributed by atoms with Crippen LogP contribution in [0.1, 0.15) is 16.7 Å². The number of rotatable bonds is 4. The molecule has 0 aliphatic carbocycles. The minimum Gasteiger partial charge on any atom is -0.309 e. The number of hydrogen-bond acceptors (Lipinski definition) is 1. The van der Waals surface area contributed by atoms with Gasteiger partial charge in [0.05, 0.1) is 5.69 Å². The van der Waals surface area contributed by atoms with Crippen molar-refractivity contribution in [3.8, 4) is 0 Å². The number of amides is 1. The summed E-state index contributed by atoms with van der Waals surface area (Å²) >= 11 is 2.12. The average Bonchev–Trinajstić information content (AvgIpc) is 2.52. The second-order valence-electron chi connectivity index (χ2n) is 5.23. The van der Waals surface area contributed by atoms with E-state index in [1.54, 1.807) is 12.1 Å². The van der Waals surface area contributed by atoms with E-state index >= 15 is 0 Å². The zero-order valence-electron chi connectivity index (χ0n) is 12.8. The SMILES string of the molecule is C=C(c1ccccc1)c1cc(C)ccc1N(C)C(=O)C(F)(F)Br. The summed E-state index contributed by atoms with van der Waals surface area (Å²) in [4.78, 5) is 9.19. The highest BCUT2D eigenvalue weighted by Gasteiger charge is 2.38. The number of hydrogen-bond donors (Lipinski definition) is 0. The molecule has 0 aromatic heterocycles. The first kappa shape index (κ1) is 17.3. The summed E-state index contributed by atoms with van der Waals surface area (Å²) in [7, 11) is 1.32. The van der Waals surface area contributed by atoms with Gasteiger partial charge >= 0.3 is 10.7 Å². The molecule has 0 heterocycles. The Bertz CT molecular complexity index is 738. The van der Waals surface area contributed by atoms with Gasteiger partial charge in [0, 0.05) is 28.5 Å². The molecule has 0 fully saturated rings. The van der Waals surface area contributed by atoms with Crippen molar-refractivity contribution in [2.75, 3.05) is 11.9 Å². The lowest BCUT2D eigenvalue weighted by molar-refractivity contribution is -0.131. The summed E-state index contributed by atoms with van der Waals surface area (Å²) in [6, 6.07) is 14.7. The Kier molecular flexibility index (Phi) is 5.00. The van der Waals surface area contributed by atoms with E-state index in [4.69, 9.17) is 0 Å². The van der Waals surface area contributed by atoms with Crippen LogP contribution in [0.5, 0.6) is 0 Å². The van der Waals surface area contributed by atoms with Crippen molar-refractivity contribution in [2.24, 2.45) is 0 Å². The number of nitrogens with zero attached hydrogens (tertiary/aromatic N) is 1. The lowest BCUT2D eigenvalue weighted by Crippen LogP contribution is -2.37. The summed E-state index contributed by atoms with van der Waals surface area (Å²) in [5.41, 5.74) is 3.51. The van der Waals surface area contributed by atoms with Crippen molar-refractivity contribution in [3.05, 3.63) is 71.8 Å². The maximum absolute atomic E-state index is 13.3. The van der Waals surface area contributed by atoms with Crippen LogP contribution >= 0.6 is 15.9 Å². The first-order valence-electron chi connectivity index (χ1n) is 6.92. The largest absolute Gasteiger partial charge is 0.378 e. The van der Waals surface area contributed by atoms with Gasteiger partial charge in [-0.25, -0.2) is 0 Å². The topological polar surface area (TPSA) is 20.3 Å². The van der Waals surface area contributed by atoms with Gasteiger partial charge in [0.2, 0.25) is 0 Å². The summed E-state index contributed by atoms with van der Waals surface area (Å²) in [5, 5.41) is 0. The minimum atomic E-state index is -3.61. The van der Waals surface area contributed by atoms with E-state index in [9.17, 15) is 13.6 Å². The number of aryl methyl sites for hydroxylation is 1. The predicted octanol–water partition coefficient (Wildman–Crippen LogP) is 5.01. The Hall–Kier alpha value is -2.01. The van der Waals surface area contributed by atoms with E-state index in [-0.39, 0.29) is 0 Å². The first-order valence-corrected chi connectivity index (χ1v) is 7.71. The van der Waals surface area contributed by atoms with Crippen molar-refractivity contribution in [3.63, 3.8) is 0 Å². The monoisotopic (exact) mass is 379 g/mol. The highest BCUT2D eigenvalue weighted by Crippen LogP contribution is 2.34. The summed E-state index contributed by atoms with van der Waals surface area (Å²) < 4.78 is 26.6. The molecule has 2 aromatic rings. The fourth-order valence-corrected chi connectivity index (χ4v) is 2.54. The van der Waals surface area contributed by atoms with Crippen LogP contribution in [0.25, 0.3) is 5.57 Å². The maximum Gasteiger partial charge on any atom is 0.378 e. The number of carbonyl (C=O) groups is 1. The summed E-state index contributed by atoms with van der Waals surface area (Å²) in [6.07, 6.45) is 0. The molecule has 23 heavy (non-hydrogen) atoms. The van der Waals surface area contributed by atoms with Crippen molar-refractivity contribution in [1.29, 1.82) is 0 Å². The van der Waals surface area contributed by atoms with E-state index < -0.39 is 10.7 Å². The molecule has 0 saturated carbocycles. The zero-order valence-corrected chi connectivity index (χ0v) is 14.4. The fourth-order valence-electron chi connectivity index (χ4n) is 2.28. The van der Waals surface area contributed by atoms with Crippen molar-refractivity contribution in [2.45, 2.75) is 11.8 Å². The molecule has 0 aliphatic rings. The Morgan fingerprint density at radius 3 is 2.35 bits per heavy atom. The van der Waals surface area contributed by atoms with Gasteiger partial charge < -0.3 is 4.90 Å². The second-order valence-corrected chi connectivity index (χ2v) is 6.22. The van der Waals surface area contributed by atoms with Crippen LogP contribution in [0, 0.1) is 6.92 Å². The van der Waals surface area contributed by atoms with E-state index in [1.165, 1.54) is 7.05 Å². The Morgan fingerprint density at radius 2 is 1.78 bits per heavy atom. The van der Waals surface area contributed by atoms with Crippen LogP contribution in [-0.2, 0) is 4.79 Å². The van der Waals surface area contributed by atoms with E-state index in [2.05, 4.69) is 22.5 Å². The number of halogens is 3. The average molecular weight is 380 g/mol. The van der Waals surface area contributed by atoms with Gasteiger partial charge in [-0.05, 0) is 30.2 Å². The van der Waals surface area contributed by atoms with Crippen LogP contribution in [-0.4, -0.2) is 17.8 Å². The van der Waals surface area contributed by atoms with E-state index in [0.717, 1.165) is 16.0 Å². The third kappa shape index (κ3) is 3.85. The standard InChI is InChI=1S/C18H16BrF2NO/c1-12-9-10-16(22(3)17(23)18(19,20)21)15(11-12)13(2)14-7-5-4-6-8-14/h4-11H,2H2,1,3H3. The van der Waals surface area contributed by atoms with Crippen molar-refractivity contribution in [1.82, 2.24) is 0 Å². The quantitative estimate of drug-likeness (QED) is 0.683. The Labute approximate surface area is 142 Å². The highest BCUT2D eigenvalue weighted by molar-refractivity contribution is 9.10. The molecule has 2 nitrogen and oxygen atoms in total. The predicted molar refractivity (Wildman–Crippen MR) is 93.0 cm³/mol. The van der Waals surface area contributed by atoms with Gasteiger partial charge in [-0.15, -0.1) is 0 Å². The number of carbonyl (C=O) groups excluding carboxylic acids is 1. The van der Waals surface area contributed by atoms with E-state index in [0.29, 0.717) is 16.8 Å². The Morgan fingerprint density at radius 1 is 1.17 bits per heavy atom. The molecule has 120 valence electrons. The Balaban J connectivity index is 2.50. The molecule has 0 unspecified atom stereocenters. The van der Waals surface area contributed by atoms with E-state index in [1.807, 2.05) is 43.3 Å². The number of benzene rings is 2. The van der Waals surface area contributed by atoms with Crippen LogP contribution in [0.15, 0.2) is 55.1 Å². The van der Waals surface area contributed by atoms with Crippen molar-refractivity contribution >= 4 is 33.1 Å². The zero-order chi connectivity index (χ0) is 17.2. The summed E-state index contributed by atoms with van der Waals surface area (Å²) in [6.45, 7) is 5.96. The lowest BCUT2D eigenvalue weighted by Gasteiger charge is -2.24. The molecule has 0 bridgehead atoms. The third-order valence-corrected chi connectivity index (χ3v) is 3.85. The maximum atomic E-state index is 13.3. The minimum absolute atomic E-state index is 0.383. The molecule has 0 aliphatic heterocycles. The second kappa shape index (κ2) is 6.62. The van der Waals surface area contributed by atoms with Crippen LogP contribution in [0.3, 0.4) is 0 Å². The molecule has 0 spiro atoms. The number of alkyl halides is 3. The van der Waals surface area contributed by atoms with Crippen LogP contribution in [0.4, 0.5) is 14.5 Å². The van der Waals surface area contributed by atoms with Gasteiger partial charge in [0.15, 0.2) is 0 Å². The molecule has 0 N–H and O–H groups in total. The molecule has 0 radical (unpaired) electrons. The fraction of sp³-hybridized carbons (Fsp3) is 0.167. The van der Waals surface area contributed by atoms with Crippen LogP contribution in [0.2, 0.25) is 0 Å². The smallest absolute Gasteiger partial charge is 0.309 e. The molecule has 5 heteroatoms. The first-order chi connectivity index (χ1) is 10.7. The van der Waals surface area contributed by atoms with Gasteiger partial charge in [0.25, 0.3) is 0 Å². The van der Waals surface area contributed by atoms with Gasteiger partial charge in [-0.2, -0.15) is 8.78 Å². The normalized spacial score (nSPS) is 11.2.